The first-order valence-electron chi connectivity index (χ1n) is 8.52. The third-order valence-electron chi connectivity index (χ3n) is 4.60. The van der Waals surface area contributed by atoms with Crippen LogP contribution in [0, 0.1) is 0 Å². The first-order chi connectivity index (χ1) is 13.2. The summed E-state index contributed by atoms with van der Waals surface area (Å²) in [5.41, 5.74) is 1.89. The van der Waals surface area contributed by atoms with Gasteiger partial charge in [-0.25, -0.2) is 4.79 Å². The maximum absolute atomic E-state index is 12.9. The van der Waals surface area contributed by atoms with Gasteiger partial charge in [0.1, 0.15) is 22.5 Å². The van der Waals surface area contributed by atoms with E-state index in [1.807, 2.05) is 72.8 Å². The van der Waals surface area contributed by atoms with Crippen LogP contribution in [0.15, 0.2) is 97.0 Å². The number of furan rings is 1. The molecule has 3 aromatic carbocycles. The van der Waals surface area contributed by atoms with Crippen LogP contribution >= 0.6 is 15.9 Å². The van der Waals surface area contributed by atoms with Crippen molar-refractivity contribution in [3.05, 3.63) is 93.8 Å². The van der Waals surface area contributed by atoms with E-state index < -0.39 is 5.63 Å². The van der Waals surface area contributed by atoms with E-state index in [1.54, 1.807) is 6.07 Å². The van der Waals surface area contributed by atoms with Crippen molar-refractivity contribution in [1.82, 2.24) is 0 Å². The topological polar surface area (TPSA) is 43.4 Å². The van der Waals surface area contributed by atoms with Gasteiger partial charge >= 0.3 is 5.63 Å². The lowest BCUT2D eigenvalue weighted by Gasteiger charge is -2.02. The molecule has 27 heavy (non-hydrogen) atoms. The van der Waals surface area contributed by atoms with Crippen molar-refractivity contribution >= 4 is 37.7 Å². The highest BCUT2D eigenvalue weighted by molar-refractivity contribution is 9.10. The molecular weight excluding hydrogens is 404 g/mol. The van der Waals surface area contributed by atoms with Gasteiger partial charge in [0.15, 0.2) is 0 Å². The molecule has 2 aromatic heterocycles. The first-order valence-corrected chi connectivity index (χ1v) is 9.31. The van der Waals surface area contributed by atoms with Crippen molar-refractivity contribution in [1.29, 1.82) is 0 Å². The van der Waals surface area contributed by atoms with Crippen molar-refractivity contribution < 1.29 is 8.83 Å². The molecular formula is C23H13BrO3. The highest BCUT2D eigenvalue weighted by atomic mass is 79.9. The molecule has 5 aromatic rings. The fourth-order valence-corrected chi connectivity index (χ4v) is 3.77. The van der Waals surface area contributed by atoms with E-state index in [9.17, 15) is 4.79 Å². The summed E-state index contributed by atoms with van der Waals surface area (Å²) >= 11 is 3.52. The Bertz CT molecular complexity index is 1330. The Labute approximate surface area is 163 Å². The lowest BCUT2D eigenvalue weighted by Crippen LogP contribution is -1.99. The monoisotopic (exact) mass is 416 g/mol. The number of hydrogen-bond donors (Lipinski definition) is 0. The van der Waals surface area contributed by atoms with Gasteiger partial charge in [0, 0.05) is 26.4 Å². The van der Waals surface area contributed by atoms with Crippen molar-refractivity contribution in [3.8, 4) is 22.6 Å². The van der Waals surface area contributed by atoms with Crippen molar-refractivity contribution in [2.24, 2.45) is 0 Å². The third-order valence-corrected chi connectivity index (χ3v) is 5.09. The van der Waals surface area contributed by atoms with Crippen LogP contribution in [0.25, 0.3) is 44.4 Å². The molecule has 0 aliphatic rings. The summed E-state index contributed by atoms with van der Waals surface area (Å²) < 4.78 is 12.8. The molecule has 0 N–H and O–H groups in total. The van der Waals surface area contributed by atoms with E-state index in [1.165, 1.54) is 0 Å². The zero-order valence-corrected chi connectivity index (χ0v) is 15.7. The molecule has 0 spiro atoms. The van der Waals surface area contributed by atoms with Gasteiger partial charge < -0.3 is 8.83 Å². The summed E-state index contributed by atoms with van der Waals surface area (Å²) in [5.74, 6) is 1.19. The highest BCUT2D eigenvalue weighted by Gasteiger charge is 2.23. The van der Waals surface area contributed by atoms with Gasteiger partial charge in [0.05, 0.1) is 0 Å². The number of halogens is 1. The van der Waals surface area contributed by atoms with Crippen molar-refractivity contribution in [2.75, 3.05) is 0 Å². The van der Waals surface area contributed by atoms with E-state index in [0.29, 0.717) is 22.5 Å². The Morgan fingerprint density at radius 2 is 1.26 bits per heavy atom. The zero-order chi connectivity index (χ0) is 18.4. The molecule has 4 heteroatoms. The molecule has 0 aliphatic carbocycles. The second-order valence-electron chi connectivity index (χ2n) is 6.27. The standard InChI is InChI=1S/C23H13BrO3/c24-16-11-12-18-17(13-16)19-20(23(25)26-18)22(15-9-5-2-6-10-15)27-21(19)14-7-3-1-4-8-14/h1-13H. The number of fused-ring (bicyclic) bond motifs is 3. The molecule has 0 radical (unpaired) electrons. The quantitative estimate of drug-likeness (QED) is 0.303. The molecule has 0 saturated heterocycles. The number of rotatable bonds is 2. The predicted molar refractivity (Wildman–Crippen MR) is 111 cm³/mol. The SMILES string of the molecule is O=c1oc2ccc(Br)cc2c2c(-c3ccccc3)oc(-c3ccccc3)c12. The Balaban J connectivity index is 2.01. The van der Waals surface area contributed by atoms with Crippen LogP contribution in [-0.4, -0.2) is 0 Å². The van der Waals surface area contributed by atoms with Crippen LogP contribution in [0.3, 0.4) is 0 Å². The minimum absolute atomic E-state index is 0.399. The van der Waals surface area contributed by atoms with Crippen LogP contribution in [0.2, 0.25) is 0 Å². The number of hydrogen-bond acceptors (Lipinski definition) is 3. The summed E-state index contributed by atoms with van der Waals surface area (Å²) in [7, 11) is 0. The molecule has 3 nitrogen and oxygen atoms in total. The Hall–Kier alpha value is -3.11. The van der Waals surface area contributed by atoms with E-state index in [2.05, 4.69) is 15.9 Å². The highest BCUT2D eigenvalue weighted by Crippen LogP contribution is 2.41. The minimum atomic E-state index is -0.399. The summed E-state index contributed by atoms with van der Waals surface area (Å²) in [6.07, 6.45) is 0. The van der Waals surface area contributed by atoms with Crippen LogP contribution in [0.1, 0.15) is 0 Å². The lowest BCUT2D eigenvalue weighted by molar-refractivity contribution is 0.567. The molecule has 0 saturated carbocycles. The molecule has 0 amide bonds. The largest absolute Gasteiger partial charge is 0.454 e. The van der Waals surface area contributed by atoms with Gasteiger partial charge in [-0.05, 0) is 18.2 Å². The van der Waals surface area contributed by atoms with Crippen molar-refractivity contribution in [3.63, 3.8) is 0 Å². The average molecular weight is 417 g/mol. The van der Waals surface area contributed by atoms with Crippen molar-refractivity contribution in [2.45, 2.75) is 0 Å². The minimum Gasteiger partial charge on any atom is -0.454 e. The average Bonchev–Trinajstić information content (AvgIpc) is 3.12. The van der Waals surface area contributed by atoms with Crippen LogP contribution in [-0.2, 0) is 0 Å². The fourth-order valence-electron chi connectivity index (χ4n) is 3.41. The van der Waals surface area contributed by atoms with Gasteiger partial charge in [0.25, 0.3) is 0 Å². The van der Waals surface area contributed by atoms with Crippen LogP contribution in [0.4, 0.5) is 0 Å². The smallest absolute Gasteiger partial charge is 0.348 e. The molecule has 0 unspecified atom stereocenters. The molecule has 2 heterocycles. The van der Waals surface area contributed by atoms with E-state index in [0.717, 1.165) is 26.4 Å². The molecule has 0 atom stereocenters. The summed E-state index contributed by atoms with van der Waals surface area (Å²) in [6, 6.07) is 25.1. The van der Waals surface area contributed by atoms with Gasteiger partial charge in [0.2, 0.25) is 0 Å². The van der Waals surface area contributed by atoms with Gasteiger partial charge in [-0.3, -0.25) is 0 Å². The zero-order valence-electron chi connectivity index (χ0n) is 14.1. The predicted octanol–water partition coefficient (Wildman–Crippen LogP) is 6.64. The van der Waals surface area contributed by atoms with E-state index >= 15 is 0 Å². The molecule has 130 valence electrons. The molecule has 5 rings (SSSR count). The third kappa shape index (κ3) is 2.61. The van der Waals surface area contributed by atoms with E-state index in [-0.39, 0.29) is 0 Å². The Kier molecular flexibility index (Phi) is 3.73. The maximum Gasteiger partial charge on any atom is 0.348 e. The Morgan fingerprint density at radius 3 is 1.89 bits per heavy atom. The fraction of sp³-hybridized carbons (Fsp3) is 0. The Morgan fingerprint density at radius 1 is 0.667 bits per heavy atom. The normalized spacial score (nSPS) is 11.3. The first kappa shape index (κ1) is 16.1. The van der Waals surface area contributed by atoms with E-state index in [4.69, 9.17) is 8.83 Å². The second-order valence-corrected chi connectivity index (χ2v) is 7.19. The summed E-state index contributed by atoms with van der Waals surface area (Å²) in [4.78, 5) is 12.9. The van der Waals surface area contributed by atoms with Gasteiger partial charge in [-0.2, -0.15) is 0 Å². The molecule has 0 fully saturated rings. The second kappa shape index (κ2) is 6.25. The van der Waals surface area contributed by atoms with Gasteiger partial charge in [-0.15, -0.1) is 0 Å². The number of benzene rings is 3. The maximum atomic E-state index is 12.9. The molecule has 0 bridgehead atoms. The molecule has 0 aliphatic heterocycles. The summed E-state index contributed by atoms with van der Waals surface area (Å²) in [5, 5.41) is 2.07. The van der Waals surface area contributed by atoms with Crippen LogP contribution < -0.4 is 5.63 Å². The summed E-state index contributed by atoms with van der Waals surface area (Å²) in [6.45, 7) is 0. The van der Waals surface area contributed by atoms with Gasteiger partial charge in [-0.1, -0.05) is 76.6 Å². The van der Waals surface area contributed by atoms with Crippen LogP contribution in [0.5, 0.6) is 0 Å². The lowest BCUT2D eigenvalue weighted by atomic mass is 10.0.